The largest absolute Gasteiger partial charge is 0.376 e. The number of carbonyl (C=O) groups is 2. The summed E-state index contributed by atoms with van der Waals surface area (Å²) < 4.78 is 7.43. The molecule has 2 aliphatic rings. The first kappa shape index (κ1) is 21.3. The predicted molar refractivity (Wildman–Crippen MR) is 117 cm³/mol. The van der Waals surface area contributed by atoms with Crippen molar-refractivity contribution in [2.75, 3.05) is 19.4 Å². The molecule has 0 bridgehead atoms. The van der Waals surface area contributed by atoms with E-state index in [-0.39, 0.29) is 17.4 Å². The summed E-state index contributed by atoms with van der Waals surface area (Å²) in [7, 11) is 1.45. The van der Waals surface area contributed by atoms with Gasteiger partial charge in [0, 0.05) is 18.5 Å². The maximum Gasteiger partial charge on any atom is 0.321 e. The molecule has 4 rings (SSSR count). The molecule has 2 aromatic heterocycles. The second-order valence-electron chi connectivity index (χ2n) is 7.61. The van der Waals surface area contributed by atoms with Crippen LogP contribution in [0.3, 0.4) is 0 Å². The van der Waals surface area contributed by atoms with E-state index in [0.717, 1.165) is 48.7 Å². The standard InChI is InChI=1S/C20H26N4O4S2/c1-21-19(27)22-15(25)11-29-20-23-17-16(13-7-3-2-4-8-14(13)30-17)18(26)24(20)10-12-6-5-9-28-12/h12H,2-11H2,1H3,(H2,21,22,25,27). The van der Waals surface area contributed by atoms with Gasteiger partial charge in [-0.15, -0.1) is 11.3 Å². The number of hydrogen-bond donors (Lipinski definition) is 2. The van der Waals surface area contributed by atoms with Gasteiger partial charge in [-0.25, -0.2) is 9.78 Å². The maximum absolute atomic E-state index is 13.5. The quantitative estimate of drug-likeness (QED) is 0.412. The van der Waals surface area contributed by atoms with Gasteiger partial charge in [0.15, 0.2) is 5.16 Å². The Hall–Kier alpha value is -1.91. The smallest absolute Gasteiger partial charge is 0.321 e. The number of amides is 3. The monoisotopic (exact) mass is 450 g/mol. The van der Waals surface area contributed by atoms with Crippen LogP contribution in [0.1, 0.15) is 42.5 Å². The van der Waals surface area contributed by atoms with E-state index in [1.165, 1.54) is 35.7 Å². The average molecular weight is 451 g/mol. The fourth-order valence-corrected chi connectivity index (χ4v) is 6.13. The zero-order valence-electron chi connectivity index (χ0n) is 17.0. The van der Waals surface area contributed by atoms with Crippen molar-refractivity contribution in [1.29, 1.82) is 0 Å². The minimum atomic E-state index is -0.553. The number of urea groups is 1. The zero-order chi connectivity index (χ0) is 21.1. The van der Waals surface area contributed by atoms with E-state index < -0.39 is 11.9 Å². The minimum absolute atomic E-state index is 0.00196. The van der Waals surface area contributed by atoms with Crippen LogP contribution in [0.4, 0.5) is 4.79 Å². The number of nitrogens with one attached hydrogen (secondary N) is 2. The first-order valence-electron chi connectivity index (χ1n) is 10.4. The zero-order valence-corrected chi connectivity index (χ0v) is 18.6. The summed E-state index contributed by atoms with van der Waals surface area (Å²) in [6, 6.07) is -0.553. The molecule has 1 fully saturated rings. The normalized spacial score (nSPS) is 18.8. The fraction of sp³-hybridized carbons (Fsp3) is 0.600. The van der Waals surface area contributed by atoms with Crippen molar-refractivity contribution in [2.45, 2.75) is 62.8 Å². The van der Waals surface area contributed by atoms with Gasteiger partial charge >= 0.3 is 6.03 Å². The van der Waals surface area contributed by atoms with Crippen molar-refractivity contribution in [3.05, 3.63) is 20.8 Å². The Bertz CT molecular complexity index is 1010. The molecule has 2 aromatic rings. The lowest BCUT2D eigenvalue weighted by Crippen LogP contribution is -2.38. The predicted octanol–water partition coefficient (Wildman–Crippen LogP) is 2.45. The molecule has 3 amide bonds. The molecule has 0 saturated carbocycles. The molecule has 30 heavy (non-hydrogen) atoms. The van der Waals surface area contributed by atoms with E-state index >= 15 is 0 Å². The Morgan fingerprint density at radius 1 is 1.27 bits per heavy atom. The number of fused-ring (bicyclic) bond motifs is 3. The highest BCUT2D eigenvalue weighted by Gasteiger charge is 2.24. The van der Waals surface area contributed by atoms with Crippen LogP contribution in [0.15, 0.2) is 9.95 Å². The lowest BCUT2D eigenvalue weighted by atomic mass is 10.1. The number of aryl methyl sites for hydroxylation is 2. The van der Waals surface area contributed by atoms with Crippen molar-refractivity contribution in [1.82, 2.24) is 20.2 Å². The van der Waals surface area contributed by atoms with E-state index in [2.05, 4.69) is 10.6 Å². The summed E-state index contributed by atoms with van der Waals surface area (Å²) in [6.07, 6.45) is 7.23. The van der Waals surface area contributed by atoms with Gasteiger partial charge in [-0.3, -0.25) is 19.5 Å². The fourth-order valence-electron chi connectivity index (χ4n) is 4.02. The first-order valence-corrected chi connectivity index (χ1v) is 12.2. The Balaban J connectivity index is 1.68. The topological polar surface area (TPSA) is 102 Å². The molecule has 0 aromatic carbocycles. The average Bonchev–Trinajstić information content (AvgIpc) is 3.30. The van der Waals surface area contributed by atoms with Gasteiger partial charge in [0.1, 0.15) is 4.83 Å². The van der Waals surface area contributed by atoms with Crippen LogP contribution in [-0.4, -0.2) is 47.0 Å². The summed E-state index contributed by atoms with van der Waals surface area (Å²) in [6.45, 7) is 1.14. The second-order valence-corrected chi connectivity index (χ2v) is 9.63. The molecule has 0 radical (unpaired) electrons. The number of aromatic nitrogens is 2. The van der Waals surface area contributed by atoms with Crippen LogP contribution in [0.25, 0.3) is 10.2 Å². The number of rotatable bonds is 5. The Morgan fingerprint density at radius 3 is 2.87 bits per heavy atom. The molecular weight excluding hydrogens is 424 g/mol. The molecule has 1 aliphatic heterocycles. The summed E-state index contributed by atoms with van der Waals surface area (Å²) in [5, 5.41) is 5.85. The molecule has 0 spiro atoms. The van der Waals surface area contributed by atoms with Gasteiger partial charge < -0.3 is 10.1 Å². The summed E-state index contributed by atoms with van der Waals surface area (Å²) in [4.78, 5) is 43.8. The molecule has 2 N–H and O–H groups in total. The van der Waals surface area contributed by atoms with Crippen LogP contribution in [0.2, 0.25) is 0 Å². The number of thiophene rings is 1. The SMILES string of the molecule is CNC(=O)NC(=O)CSc1nc2sc3c(c2c(=O)n1CC1CCCO1)CCCCC3. The number of hydrogen-bond acceptors (Lipinski definition) is 7. The molecular formula is C20H26N4O4S2. The lowest BCUT2D eigenvalue weighted by molar-refractivity contribution is -0.117. The van der Waals surface area contributed by atoms with E-state index in [9.17, 15) is 14.4 Å². The highest BCUT2D eigenvalue weighted by atomic mass is 32.2. The first-order chi connectivity index (χ1) is 14.6. The van der Waals surface area contributed by atoms with Crippen LogP contribution in [0, 0.1) is 0 Å². The second kappa shape index (κ2) is 9.49. The maximum atomic E-state index is 13.5. The molecule has 1 aliphatic carbocycles. The Labute approximate surface area is 182 Å². The van der Waals surface area contributed by atoms with Crippen molar-refractivity contribution >= 4 is 45.3 Å². The summed E-state index contributed by atoms with van der Waals surface area (Å²) in [5.41, 5.74) is 1.13. The number of carbonyl (C=O) groups excluding carboxylic acids is 2. The van der Waals surface area contributed by atoms with Crippen LogP contribution >= 0.6 is 23.1 Å². The number of ether oxygens (including phenoxy) is 1. The molecule has 10 heteroatoms. The van der Waals surface area contributed by atoms with E-state index in [0.29, 0.717) is 18.3 Å². The van der Waals surface area contributed by atoms with E-state index in [1.54, 1.807) is 15.9 Å². The van der Waals surface area contributed by atoms with Crippen LogP contribution < -0.4 is 16.2 Å². The number of imide groups is 1. The third-order valence-corrected chi connectivity index (χ3v) is 7.67. The third kappa shape index (κ3) is 4.55. The van der Waals surface area contributed by atoms with Gasteiger partial charge in [-0.05, 0) is 44.1 Å². The Morgan fingerprint density at radius 2 is 2.10 bits per heavy atom. The van der Waals surface area contributed by atoms with Crippen molar-refractivity contribution in [2.24, 2.45) is 0 Å². The third-order valence-electron chi connectivity index (χ3n) is 5.51. The van der Waals surface area contributed by atoms with Gasteiger partial charge in [0.25, 0.3) is 5.56 Å². The highest BCUT2D eigenvalue weighted by Crippen LogP contribution is 2.34. The summed E-state index contributed by atoms with van der Waals surface area (Å²) in [5.74, 6) is -0.429. The highest BCUT2D eigenvalue weighted by molar-refractivity contribution is 7.99. The minimum Gasteiger partial charge on any atom is -0.376 e. The van der Waals surface area contributed by atoms with Crippen LogP contribution in [-0.2, 0) is 28.9 Å². The van der Waals surface area contributed by atoms with Crippen molar-refractivity contribution in [3.8, 4) is 0 Å². The molecule has 162 valence electrons. The molecule has 1 atom stereocenters. The van der Waals surface area contributed by atoms with E-state index in [4.69, 9.17) is 9.72 Å². The summed E-state index contributed by atoms with van der Waals surface area (Å²) >= 11 is 2.79. The molecule has 1 unspecified atom stereocenters. The Kier molecular flexibility index (Phi) is 6.74. The van der Waals surface area contributed by atoms with Gasteiger partial charge in [-0.1, -0.05) is 18.2 Å². The molecule has 1 saturated heterocycles. The number of nitrogens with zero attached hydrogens (tertiary/aromatic N) is 2. The lowest BCUT2D eigenvalue weighted by Gasteiger charge is -2.16. The molecule has 3 heterocycles. The van der Waals surface area contributed by atoms with E-state index in [1.807, 2.05) is 0 Å². The molecule has 8 nitrogen and oxygen atoms in total. The van der Waals surface area contributed by atoms with Crippen molar-refractivity contribution in [3.63, 3.8) is 0 Å². The van der Waals surface area contributed by atoms with Gasteiger partial charge in [-0.2, -0.15) is 0 Å². The van der Waals surface area contributed by atoms with Crippen molar-refractivity contribution < 1.29 is 14.3 Å². The van der Waals surface area contributed by atoms with Gasteiger partial charge in [0.05, 0.1) is 23.8 Å². The van der Waals surface area contributed by atoms with Gasteiger partial charge in [0.2, 0.25) is 5.91 Å². The van der Waals surface area contributed by atoms with Crippen LogP contribution in [0.5, 0.6) is 0 Å². The number of thioether (sulfide) groups is 1.